The van der Waals surface area contributed by atoms with Crippen LogP contribution in [0.1, 0.15) is 24.5 Å². The Labute approximate surface area is 162 Å². The normalized spacial score (nSPS) is 25.9. The van der Waals surface area contributed by atoms with Gasteiger partial charge in [0.15, 0.2) is 5.54 Å². The van der Waals surface area contributed by atoms with Gasteiger partial charge in [-0.3, -0.25) is 9.69 Å². The standard InChI is InChI=1S/C20H18Cl2N2O2/c1-18(12-19(18,21)22)13-24-16(25)20(23-17(24)26,14-8-4-2-5-9-14)15-10-6-3-7-11-15/h2-11H,12-13H2,1H3,(H,23,26)/t18-/m1/s1. The highest BCUT2D eigenvalue weighted by atomic mass is 35.5. The molecule has 134 valence electrons. The third kappa shape index (κ3) is 2.43. The molecule has 0 spiro atoms. The molecule has 1 heterocycles. The molecular formula is C20H18Cl2N2O2. The zero-order valence-corrected chi connectivity index (χ0v) is 15.7. The summed E-state index contributed by atoms with van der Waals surface area (Å²) < 4.78 is -0.904. The van der Waals surface area contributed by atoms with E-state index >= 15 is 0 Å². The summed E-state index contributed by atoms with van der Waals surface area (Å²) in [6.45, 7) is 2.07. The molecule has 1 N–H and O–H groups in total. The number of imide groups is 1. The fourth-order valence-corrected chi connectivity index (χ4v) is 4.33. The third-order valence-corrected chi connectivity index (χ3v) is 6.58. The molecule has 4 rings (SSSR count). The van der Waals surface area contributed by atoms with Gasteiger partial charge in [-0.25, -0.2) is 4.79 Å². The number of nitrogens with one attached hydrogen (secondary N) is 1. The Morgan fingerprint density at radius 2 is 1.42 bits per heavy atom. The van der Waals surface area contributed by atoms with Crippen LogP contribution < -0.4 is 5.32 Å². The molecule has 0 aromatic heterocycles. The van der Waals surface area contributed by atoms with Crippen LogP contribution in [0.4, 0.5) is 4.79 Å². The molecule has 2 aliphatic rings. The lowest BCUT2D eigenvalue weighted by molar-refractivity contribution is -0.130. The average Bonchev–Trinajstić information content (AvgIpc) is 3.04. The van der Waals surface area contributed by atoms with Gasteiger partial charge in [-0.2, -0.15) is 0 Å². The summed E-state index contributed by atoms with van der Waals surface area (Å²) >= 11 is 12.4. The Bertz CT molecular complexity index is 830. The molecule has 3 amide bonds. The lowest BCUT2D eigenvalue weighted by Crippen LogP contribution is -2.45. The van der Waals surface area contributed by atoms with Crippen LogP contribution in [0.25, 0.3) is 0 Å². The summed E-state index contributed by atoms with van der Waals surface area (Å²) in [7, 11) is 0. The molecule has 0 bridgehead atoms. The second-order valence-corrected chi connectivity index (χ2v) is 8.73. The van der Waals surface area contributed by atoms with Crippen molar-refractivity contribution in [2.75, 3.05) is 6.54 Å². The number of alkyl halides is 2. The SMILES string of the molecule is C[C@]1(CN2C(=O)NC(c3ccccc3)(c3ccccc3)C2=O)CC1(Cl)Cl. The summed E-state index contributed by atoms with van der Waals surface area (Å²) in [5, 5.41) is 2.93. The number of carbonyl (C=O) groups is 2. The fourth-order valence-electron chi connectivity index (χ4n) is 3.62. The number of carbonyl (C=O) groups excluding carboxylic acids is 2. The Balaban J connectivity index is 1.79. The largest absolute Gasteiger partial charge is 0.325 e. The average molecular weight is 389 g/mol. The summed E-state index contributed by atoms with van der Waals surface area (Å²) in [4.78, 5) is 27.5. The number of nitrogens with zero attached hydrogens (tertiary/aromatic N) is 1. The monoisotopic (exact) mass is 388 g/mol. The fraction of sp³-hybridized carbons (Fsp3) is 0.300. The molecule has 1 aliphatic heterocycles. The van der Waals surface area contributed by atoms with Gasteiger partial charge in [-0.1, -0.05) is 67.6 Å². The van der Waals surface area contributed by atoms with Crippen molar-refractivity contribution in [3.8, 4) is 0 Å². The van der Waals surface area contributed by atoms with Crippen LogP contribution >= 0.6 is 23.2 Å². The van der Waals surface area contributed by atoms with Crippen molar-refractivity contribution in [1.29, 1.82) is 0 Å². The molecule has 1 saturated carbocycles. The predicted octanol–water partition coefficient (Wildman–Crippen LogP) is 4.07. The molecule has 26 heavy (non-hydrogen) atoms. The molecular weight excluding hydrogens is 371 g/mol. The lowest BCUT2D eigenvalue weighted by Gasteiger charge is -2.28. The van der Waals surface area contributed by atoms with E-state index in [1.54, 1.807) is 0 Å². The highest BCUT2D eigenvalue weighted by Gasteiger charge is 2.66. The first-order valence-corrected chi connectivity index (χ1v) is 9.19. The first-order valence-electron chi connectivity index (χ1n) is 8.43. The number of urea groups is 1. The van der Waals surface area contributed by atoms with Crippen molar-refractivity contribution in [3.63, 3.8) is 0 Å². The van der Waals surface area contributed by atoms with E-state index in [0.29, 0.717) is 6.42 Å². The van der Waals surface area contributed by atoms with E-state index in [1.807, 2.05) is 67.6 Å². The van der Waals surface area contributed by atoms with E-state index in [9.17, 15) is 9.59 Å². The van der Waals surface area contributed by atoms with Gasteiger partial charge in [-0.15, -0.1) is 23.2 Å². The molecule has 2 fully saturated rings. The maximum absolute atomic E-state index is 13.5. The number of amides is 3. The number of hydrogen-bond acceptors (Lipinski definition) is 2. The van der Waals surface area contributed by atoms with Gasteiger partial charge in [0.25, 0.3) is 5.91 Å². The van der Waals surface area contributed by atoms with Crippen molar-refractivity contribution < 1.29 is 9.59 Å². The van der Waals surface area contributed by atoms with Crippen LogP contribution in [0.15, 0.2) is 60.7 Å². The molecule has 2 aromatic carbocycles. The Morgan fingerprint density at radius 3 is 1.85 bits per heavy atom. The highest BCUT2D eigenvalue weighted by molar-refractivity contribution is 6.51. The number of hydrogen-bond donors (Lipinski definition) is 1. The van der Waals surface area contributed by atoms with E-state index in [2.05, 4.69) is 5.32 Å². The summed E-state index contributed by atoms with van der Waals surface area (Å²) in [6.07, 6.45) is 0.545. The van der Waals surface area contributed by atoms with Gasteiger partial charge in [0, 0.05) is 12.0 Å². The van der Waals surface area contributed by atoms with Gasteiger partial charge in [0.2, 0.25) is 0 Å². The Morgan fingerprint density at radius 1 is 0.962 bits per heavy atom. The summed E-state index contributed by atoms with van der Waals surface area (Å²) in [5.74, 6) is -0.308. The molecule has 0 unspecified atom stereocenters. The minimum Gasteiger partial charge on any atom is -0.315 e. The summed E-state index contributed by atoms with van der Waals surface area (Å²) in [6, 6.07) is 18.1. The van der Waals surface area contributed by atoms with Crippen molar-refractivity contribution in [3.05, 3.63) is 71.8 Å². The molecule has 6 heteroatoms. The molecule has 2 aromatic rings. The van der Waals surface area contributed by atoms with E-state index < -0.39 is 21.3 Å². The molecule has 4 nitrogen and oxygen atoms in total. The van der Waals surface area contributed by atoms with Crippen LogP contribution in [-0.4, -0.2) is 27.7 Å². The van der Waals surface area contributed by atoms with E-state index in [4.69, 9.17) is 23.2 Å². The molecule has 1 aliphatic carbocycles. The zero-order chi connectivity index (χ0) is 18.6. The topological polar surface area (TPSA) is 49.4 Å². The minimum atomic E-state index is -1.24. The Hall–Kier alpha value is -2.04. The van der Waals surface area contributed by atoms with Crippen molar-refractivity contribution in [2.24, 2.45) is 5.41 Å². The highest BCUT2D eigenvalue weighted by Crippen LogP contribution is 2.64. The molecule has 0 radical (unpaired) electrons. The predicted molar refractivity (Wildman–Crippen MR) is 101 cm³/mol. The van der Waals surface area contributed by atoms with Gasteiger partial charge < -0.3 is 5.32 Å². The van der Waals surface area contributed by atoms with E-state index in [0.717, 1.165) is 11.1 Å². The van der Waals surface area contributed by atoms with Gasteiger partial charge in [0.05, 0.1) is 0 Å². The maximum atomic E-state index is 13.5. The lowest BCUT2D eigenvalue weighted by atomic mass is 9.82. The quantitative estimate of drug-likeness (QED) is 0.633. The summed E-state index contributed by atoms with van der Waals surface area (Å²) in [5.41, 5.74) is -0.300. The van der Waals surface area contributed by atoms with Crippen LogP contribution in [-0.2, 0) is 10.3 Å². The number of rotatable bonds is 4. The molecule has 1 atom stereocenters. The first kappa shape index (κ1) is 17.4. The third-order valence-electron chi connectivity index (χ3n) is 5.40. The van der Waals surface area contributed by atoms with Gasteiger partial charge in [0.1, 0.15) is 4.33 Å². The number of benzene rings is 2. The van der Waals surface area contributed by atoms with Crippen LogP contribution in [0.2, 0.25) is 0 Å². The molecule has 1 saturated heterocycles. The van der Waals surface area contributed by atoms with Gasteiger partial charge >= 0.3 is 6.03 Å². The number of halogens is 2. The smallest absolute Gasteiger partial charge is 0.315 e. The second-order valence-electron chi connectivity index (χ2n) is 7.25. The van der Waals surface area contributed by atoms with Crippen molar-refractivity contribution in [2.45, 2.75) is 23.2 Å². The first-order chi connectivity index (χ1) is 12.3. The van der Waals surface area contributed by atoms with Gasteiger partial charge in [-0.05, 0) is 17.5 Å². The van der Waals surface area contributed by atoms with Crippen molar-refractivity contribution >= 4 is 35.1 Å². The van der Waals surface area contributed by atoms with Crippen LogP contribution in [0.5, 0.6) is 0 Å². The van der Waals surface area contributed by atoms with E-state index in [-0.39, 0.29) is 12.5 Å². The van der Waals surface area contributed by atoms with E-state index in [1.165, 1.54) is 4.90 Å². The van der Waals surface area contributed by atoms with Crippen LogP contribution in [0, 0.1) is 5.41 Å². The zero-order valence-electron chi connectivity index (χ0n) is 14.2. The minimum absolute atomic E-state index is 0.187. The van der Waals surface area contributed by atoms with Crippen LogP contribution in [0.3, 0.4) is 0 Å². The Kier molecular flexibility index (Phi) is 3.83. The van der Waals surface area contributed by atoms with Crippen molar-refractivity contribution in [1.82, 2.24) is 10.2 Å². The second kappa shape index (κ2) is 5.73. The maximum Gasteiger partial charge on any atom is 0.325 e.